The van der Waals surface area contributed by atoms with Crippen molar-refractivity contribution in [3.8, 4) is 11.5 Å². The number of aliphatic carboxylic acids is 1. The van der Waals surface area contributed by atoms with Crippen LogP contribution in [0.15, 0.2) is 36.4 Å². The van der Waals surface area contributed by atoms with Crippen LogP contribution in [-0.2, 0) is 4.79 Å². The maximum atomic E-state index is 13.4. The lowest BCUT2D eigenvalue weighted by Gasteiger charge is -2.17. The molecule has 0 aliphatic rings. The summed E-state index contributed by atoms with van der Waals surface area (Å²) < 4.78 is 24.3. The number of hydrogen-bond acceptors (Lipinski definition) is 4. The van der Waals surface area contributed by atoms with Crippen molar-refractivity contribution >= 4 is 11.9 Å². The Morgan fingerprint density at radius 2 is 1.81 bits per heavy atom. The van der Waals surface area contributed by atoms with Gasteiger partial charge in [-0.05, 0) is 56.2 Å². The molecule has 1 unspecified atom stereocenters. The summed E-state index contributed by atoms with van der Waals surface area (Å²) >= 11 is 0. The van der Waals surface area contributed by atoms with Crippen LogP contribution in [0.5, 0.6) is 11.5 Å². The van der Waals surface area contributed by atoms with E-state index < -0.39 is 23.7 Å². The number of carbonyl (C=O) groups excluding carboxylic acids is 1. The summed E-state index contributed by atoms with van der Waals surface area (Å²) in [7, 11) is 1.45. The summed E-state index contributed by atoms with van der Waals surface area (Å²) in [5.74, 6) is -1.45. The van der Waals surface area contributed by atoms with Gasteiger partial charge in [0.15, 0.2) is 17.5 Å². The van der Waals surface area contributed by atoms with Crippen molar-refractivity contribution in [1.82, 2.24) is 5.32 Å². The van der Waals surface area contributed by atoms with Gasteiger partial charge in [0, 0.05) is 5.56 Å². The number of halogens is 1. The Labute approximate surface area is 156 Å². The number of hydrogen-bond donors (Lipinski definition) is 2. The average Bonchev–Trinajstić information content (AvgIpc) is 2.61. The Bertz CT molecular complexity index is 850. The van der Waals surface area contributed by atoms with Crippen LogP contribution >= 0.6 is 0 Å². The predicted octanol–water partition coefficient (Wildman–Crippen LogP) is 3.49. The van der Waals surface area contributed by atoms with E-state index >= 15 is 0 Å². The molecule has 7 heteroatoms. The normalized spacial score (nSPS) is 11.8. The van der Waals surface area contributed by atoms with Crippen LogP contribution < -0.4 is 14.8 Å². The van der Waals surface area contributed by atoms with Gasteiger partial charge in [0.25, 0.3) is 5.91 Å². The van der Waals surface area contributed by atoms with E-state index in [1.165, 1.54) is 44.4 Å². The number of benzene rings is 2. The average molecular weight is 375 g/mol. The minimum atomic E-state index is -1.31. The number of carboxylic acids is 1. The molecule has 0 aliphatic carbocycles. The molecule has 2 aromatic carbocycles. The molecule has 0 fully saturated rings. The molecule has 144 valence electrons. The zero-order chi connectivity index (χ0) is 20.1. The van der Waals surface area contributed by atoms with E-state index in [-0.39, 0.29) is 17.2 Å². The fourth-order valence-corrected chi connectivity index (χ4v) is 2.51. The number of rotatable bonds is 7. The molecule has 2 aromatic rings. The molecule has 0 spiro atoms. The first-order valence-electron chi connectivity index (χ1n) is 8.37. The molecule has 0 bridgehead atoms. The van der Waals surface area contributed by atoms with Crippen LogP contribution in [0.4, 0.5) is 4.39 Å². The Morgan fingerprint density at radius 3 is 2.37 bits per heavy atom. The van der Waals surface area contributed by atoms with Gasteiger partial charge >= 0.3 is 5.97 Å². The summed E-state index contributed by atoms with van der Waals surface area (Å²) in [5, 5.41) is 11.9. The standard InChI is InChI=1S/C20H22FNO5/c1-11(2)27-16-8-6-14(10-17(16)26-4)19(23)22-18(20(24)25)13-5-7-15(21)12(3)9-13/h5-11,18H,1-4H3,(H,22,23)(H,24,25). The van der Waals surface area contributed by atoms with E-state index in [0.717, 1.165) is 0 Å². The lowest BCUT2D eigenvalue weighted by atomic mass is 10.0. The van der Waals surface area contributed by atoms with Gasteiger partial charge in [0.05, 0.1) is 13.2 Å². The lowest BCUT2D eigenvalue weighted by molar-refractivity contribution is -0.139. The number of nitrogens with one attached hydrogen (secondary N) is 1. The third-order valence-corrected chi connectivity index (χ3v) is 3.83. The maximum absolute atomic E-state index is 13.4. The van der Waals surface area contributed by atoms with Crippen LogP contribution in [0.1, 0.15) is 41.4 Å². The molecule has 0 aliphatic heterocycles. The van der Waals surface area contributed by atoms with Crippen molar-refractivity contribution in [2.24, 2.45) is 0 Å². The van der Waals surface area contributed by atoms with Crippen molar-refractivity contribution in [3.63, 3.8) is 0 Å². The van der Waals surface area contributed by atoms with Gasteiger partial charge in [-0.3, -0.25) is 4.79 Å². The molecule has 0 radical (unpaired) electrons. The highest BCUT2D eigenvalue weighted by Gasteiger charge is 2.24. The highest BCUT2D eigenvalue weighted by atomic mass is 19.1. The number of methoxy groups -OCH3 is 1. The lowest BCUT2D eigenvalue weighted by Crippen LogP contribution is -2.33. The molecule has 0 heterocycles. The highest BCUT2D eigenvalue weighted by Crippen LogP contribution is 2.29. The first-order valence-corrected chi connectivity index (χ1v) is 8.37. The second-order valence-electron chi connectivity index (χ2n) is 6.29. The maximum Gasteiger partial charge on any atom is 0.330 e. The molecule has 6 nitrogen and oxygen atoms in total. The minimum absolute atomic E-state index is 0.0725. The van der Waals surface area contributed by atoms with Gasteiger partial charge in [0.2, 0.25) is 0 Å². The van der Waals surface area contributed by atoms with Crippen LogP contribution in [-0.4, -0.2) is 30.2 Å². The SMILES string of the molecule is COc1cc(C(=O)NC(C(=O)O)c2ccc(F)c(C)c2)ccc1OC(C)C. The van der Waals surface area contributed by atoms with Crippen LogP contribution in [0.25, 0.3) is 0 Å². The fraction of sp³-hybridized carbons (Fsp3) is 0.300. The molecule has 0 aromatic heterocycles. The van der Waals surface area contributed by atoms with E-state index in [4.69, 9.17) is 9.47 Å². The number of aryl methyl sites for hydroxylation is 1. The molecular formula is C20H22FNO5. The molecule has 2 N–H and O–H groups in total. The summed E-state index contributed by atoms with van der Waals surface area (Å²) in [4.78, 5) is 24.1. The molecule has 1 atom stereocenters. The van der Waals surface area contributed by atoms with Crippen molar-refractivity contribution in [1.29, 1.82) is 0 Å². The van der Waals surface area contributed by atoms with Gasteiger partial charge < -0.3 is 19.9 Å². The second-order valence-corrected chi connectivity index (χ2v) is 6.29. The first-order chi connectivity index (χ1) is 12.7. The number of ether oxygens (including phenoxy) is 2. The van der Waals surface area contributed by atoms with Crippen molar-refractivity contribution < 1.29 is 28.6 Å². The summed E-state index contributed by atoms with van der Waals surface area (Å²) in [6, 6.07) is 7.18. The largest absolute Gasteiger partial charge is 0.493 e. The van der Waals surface area contributed by atoms with E-state index in [1.54, 1.807) is 6.07 Å². The van der Waals surface area contributed by atoms with E-state index in [9.17, 15) is 19.1 Å². The summed E-state index contributed by atoms with van der Waals surface area (Å²) in [6.45, 7) is 5.25. The highest BCUT2D eigenvalue weighted by molar-refractivity contribution is 5.97. The Hall–Kier alpha value is -3.09. The molecule has 0 saturated carbocycles. The summed E-state index contributed by atoms with van der Waals surface area (Å²) in [6.07, 6.45) is -0.0725. The molecular weight excluding hydrogens is 353 g/mol. The van der Waals surface area contributed by atoms with Crippen LogP contribution in [0.2, 0.25) is 0 Å². The van der Waals surface area contributed by atoms with Crippen LogP contribution in [0, 0.1) is 12.7 Å². The zero-order valence-electron chi connectivity index (χ0n) is 15.6. The molecule has 1 amide bonds. The van der Waals surface area contributed by atoms with Crippen molar-refractivity contribution in [2.75, 3.05) is 7.11 Å². The minimum Gasteiger partial charge on any atom is -0.493 e. The van der Waals surface area contributed by atoms with Gasteiger partial charge in [-0.1, -0.05) is 12.1 Å². The Balaban J connectivity index is 2.27. The van der Waals surface area contributed by atoms with Gasteiger partial charge in [-0.25, -0.2) is 9.18 Å². The van der Waals surface area contributed by atoms with E-state index in [1.807, 2.05) is 13.8 Å². The van der Waals surface area contributed by atoms with Crippen LogP contribution in [0.3, 0.4) is 0 Å². The first kappa shape index (κ1) is 20.2. The van der Waals surface area contributed by atoms with Gasteiger partial charge in [-0.2, -0.15) is 0 Å². The Kier molecular flexibility index (Phi) is 6.39. The van der Waals surface area contributed by atoms with Crippen molar-refractivity contribution in [3.05, 3.63) is 58.9 Å². The zero-order valence-corrected chi connectivity index (χ0v) is 15.6. The third kappa shape index (κ3) is 4.97. The monoisotopic (exact) mass is 375 g/mol. The van der Waals surface area contributed by atoms with Crippen molar-refractivity contribution in [2.45, 2.75) is 32.9 Å². The van der Waals surface area contributed by atoms with E-state index in [0.29, 0.717) is 17.1 Å². The molecule has 0 saturated heterocycles. The van der Waals surface area contributed by atoms with Gasteiger partial charge in [-0.15, -0.1) is 0 Å². The van der Waals surface area contributed by atoms with E-state index in [2.05, 4.69) is 5.32 Å². The number of carbonyl (C=O) groups is 2. The smallest absolute Gasteiger partial charge is 0.330 e. The van der Waals surface area contributed by atoms with Gasteiger partial charge in [0.1, 0.15) is 5.82 Å². The Morgan fingerprint density at radius 1 is 1.11 bits per heavy atom. The fourth-order valence-electron chi connectivity index (χ4n) is 2.51. The number of amides is 1. The number of carboxylic acid groups (broad SMARTS) is 1. The quantitative estimate of drug-likeness (QED) is 0.774. The third-order valence-electron chi connectivity index (χ3n) is 3.83. The predicted molar refractivity (Wildman–Crippen MR) is 97.7 cm³/mol. The molecule has 27 heavy (non-hydrogen) atoms. The molecule has 2 rings (SSSR count). The summed E-state index contributed by atoms with van der Waals surface area (Å²) in [5.41, 5.74) is 0.791. The second kappa shape index (κ2) is 8.53. The topological polar surface area (TPSA) is 84.9 Å².